The number of anilines is 1. The molecule has 3 N–H and O–H groups in total. The third-order valence-corrected chi connectivity index (χ3v) is 6.61. The summed E-state index contributed by atoms with van der Waals surface area (Å²) < 4.78 is 27.3. The summed E-state index contributed by atoms with van der Waals surface area (Å²) >= 11 is 0. The van der Waals surface area contributed by atoms with Gasteiger partial charge in [0.25, 0.3) is 0 Å². The third kappa shape index (κ3) is 5.79. The molecule has 1 saturated heterocycles. The van der Waals surface area contributed by atoms with Crippen molar-refractivity contribution >= 4 is 21.6 Å². The SMILES string of the molecule is Cc1cccc(N2CCN(CCCNS(=O)(=O)c3ccc(C(N)=O)cc3)CC2)c1. The van der Waals surface area contributed by atoms with E-state index in [9.17, 15) is 13.2 Å². The highest BCUT2D eigenvalue weighted by molar-refractivity contribution is 7.89. The van der Waals surface area contributed by atoms with Gasteiger partial charge in [-0.05, 0) is 61.9 Å². The molecule has 0 unspecified atom stereocenters. The number of sulfonamides is 1. The van der Waals surface area contributed by atoms with Crippen LogP contribution in [0.25, 0.3) is 0 Å². The number of nitrogens with zero attached hydrogens (tertiary/aromatic N) is 2. The van der Waals surface area contributed by atoms with E-state index < -0.39 is 15.9 Å². The monoisotopic (exact) mass is 416 g/mol. The van der Waals surface area contributed by atoms with E-state index in [2.05, 4.69) is 45.7 Å². The van der Waals surface area contributed by atoms with Crippen molar-refractivity contribution in [3.05, 3.63) is 59.7 Å². The molecular formula is C21H28N4O3S. The van der Waals surface area contributed by atoms with Crippen LogP contribution in [0.4, 0.5) is 5.69 Å². The van der Waals surface area contributed by atoms with Gasteiger partial charge in [0.1, 0.15) is 0 Å². The number of hydrogen-bond donors (Lipinski definition) is 2. The first-order chi connectivity index (χ1) is 13.8. The molecule has 8 heteroatoms. The molecule has 1 aliphatic rings. The highest BCUT2D eigenvalue weighted by Gasteiger charge is 2.18. The first-order valence-electron chi connectivity index (χ1n) is 9.79. The zero-order chi connectivity index (χ0) is 20.9. The number of nitrogens with one attached hydrogen (secondary N) is 1. The van der Waals surface area contributed by atoms with E-state index in [-0.39, 0.29) is 10.5 Å². The Labute approximate surface area is 172 Å². The van der Waals surface area contributed by atoms with E-state index in [4.69, 9.17) is 5.73 Å². The quantitative estimate of drug-likeness (QED) is 0.637. The van der Waals surface area contributed by atoms with Crippen molar-refractivity contribution in [2.24, 2.45) is 5.73 Å². The van der Waals surface area contributed by atoms with Gasteiger partial charge in [-0.2, -0.15) is 0 Å². The van der Waals surface area contributed by atoms with Crippen LogP contribution in [0.5, 0.6) is 0 Å². The second-order valence-corrected chi connectivity index (χ2v) is 9.07. The fraction of sp³-hybridized carbons (Fsp3) is 0.381. The molecule has 0 aromatic heterocycles. The lowest BCUT2D eigenvalue weighted by atomic mass is 10.2. The first kappa shape index (κ1) is 21.3. The van der Waals surface area contributed by atoms with Crippen LogP contribution >= 0.6 is 0 Å². The van der Waals surface area contributed by atoms with E-state index in [1.54, 1.807) is 0 Å². The highest BCUT2D eigenvalue weighted by Crippen LogP contribution is 2.18. The molecule has 0 aliphatic carbocycles. The van der Waals surface area contributed by atoms with Crippen molar-refractivity contribution in [3.8, 4) is 0 Å². The van der Waals surface area contributed by atoms with Crippen LogP contribution in [-0.2, 0) is 10.0 Å². The van der Waals surface area contributed by atoms with Crippen molar-refractivity contribution in [3.63, 3.8) is 0 Å². The molecule has 156 valence electrons. The Hall–Kier alpha value is -2.42. The molecule has 2 aromatic rings. The van der Waals surface area contributed by atoms with Gasteiger partial charge in [-0.15, -0.1) is 0 Å². The number of carbonyl (C=O) groups excluding carboxylic acids is 1. The molecule has 0 saturated carbocycles. The zero-order valence-corrected chi connectivity index (χ0v) is 17.5. The lowest BCUT2D eigenvalue weighted by Gasteiger charge is -2.36. The minimum Gasteiger partial charge on any atom is -0.369 e. The molecule has 1 fully saturated rings. The Balaban J connectivity index is 1.41. The van der Waals surface area contributed by atoms with Crippen molar-refractivity contribution in [2.75, 3.05) is 44.2 Å². The van der Waals surface area contributed by atoms with E-state index >= 15 is 0 Å². The van der Waals surface area contributed by atoms with Crippen molar-refractivity contribution in [1.29, 1.82) is 0 Å². The van der Waals surface area contributed by atoms with Crippen LogP contribution in [0, 0.1) is 6.92 Å². The molecule has 2 aromatic carbocycles. The molecular weight excluding hydrogens is 388 g/mol. The summed E-state index contributed by atoms with van der Waals surface area (Å²) in [5.74, 6) is -0.579. The second kappa shape index (κ2) is 9.39. The van der Waals surface area contributed by atoms with Crippen LogP contribution in [0.3, 0.4) is 0 Å². The smallest absolute Gasteiger partial charge is 0.248 e. The lowest BCUT2D eigenvalue weighted by Crippen LogP contribution is -2.47. The Morgan fingerprint density at radius 2 is 1.76 bits per heavy atom. The minimum absolute atomic E-state index is 0.134. The normalized spacial score (nSPS) is 15.4. The number of hydrogen-bond acceptors (Lipinski definition) is 5. The average Bonchev–Trinajstić information content (AvgIpc) is 2.72. The predicted octanol–water partition coefficient (Wildman–Crippen LogP) is 1.58. The molecule has 29 heavy (non-hydrogen) atoms. The van der Waals surface area contributed by atoms with Gasteiger partial charge in [0, 0.05) is 44.0 Å². The number of carbonyl (C=O) groups is 1. The van der Waals surface area contributed by atoms with E-state index in [1.165, 1.54) is 35.5 Å². The van der Waals surface area contributed by atoms with Gasteiger partial charge in [-0.25, -0.2) is 13.1 Å². The topological polar surface area (TPSA) is 95.7 Å². The highest BCUT2D eigenvalue weighted by atomic mass is 32.2. The van der Waals surface area contributed by atoms with Crippen LogP contribution in [0.1, 0.15) is 22.3 Å². The first-order valence-corrected chi connectivity index (χ1v) is 11.3. The second-order valence-electron chi connectivity index (χ2n) is 7.31. The van der Waals surface area contributed by atoms with E-state index in [1.807, 2.05) is 0 Å². The summed E-state index contributed by atoms with van der Waals surface area (Å²) in [6.07, 6.45) is 0.739. The summed E-state index contributed by atoms with van der Waals surface area (Å²) in [5.41, 5.74) is 7.99. The molecule has 7 nitrogen and oxygen atoms in total. The van der Waals surface area contributed by atoms with Gasteiger partial charge in [0.05, 0.1) is 4.90 Å². The van der Waals surface area contributed by atoms with Gasteiger partial charge in [-0.1, -0.05) is 12.1 Å². The van der Waals surface area contributed by atoms with Crippen molar-refractivity contribution in [1.82, 2.24) is 9.62 Å². The molecule has 0 bridgehead atoms. The minimum atomic E-state index is -3.58. The number of nitrogens with two attached hydrogens (primary N) is 1. The number of amides is 1. The number of aryl methyl sites for hydroxylation is 1. The molecule has 1 amide bonds. The molecule has 3 rings (SSSR count). The van der Waals surface area contributed by atoms with Crippen molar-refractivity contribution < 1.29 is 13.2 Å². The average molecular weight is 417 g/mol. The van der Waals surface area contributed by atoms with Crippen LogP contribution in [-0.4, -0.2) is 58.5 Å². The van der Waals surface area contributed by atoms with Gasteiger partial charge in [0.15, 0.2) is 0 Å². The molecule has 1 aliphatic heterocycles. The zero-order valence-electron chi connectivity index (χ0n) is 16.7. The van der Waals surface area contributed by atoms with Gasteiger partial charge in [-0.3, -0.25) is 9.69 Å². The maximum atomic E-state index is 12.3. The summed E-state index contributed by atoms with van der Waals surface area (Å²) in [7, 11) is -3.58. The van der Waals surface area contributed by atoms with Gasteiger partial charge in [0.2, 0.25) is 15.9 Å². The Morgan fingerprint density at radius 1 is 1.07 bits per heavy atom. The Kier molecular flexibility index (Phi) is 6.89. The maximum Gasteiger partial charge on any atom is 0.248 e. The summed E-state index contributed by atoms with van der Waals surface area (Å²) in [6.45, 7) is 7.21. The molecule has 0 atom stereocenters. The summed E-state index contributed by atoms with van der Waals surface area (Å²) in [6, 6.07) is 14.2. The van der Waals surface area contributed by atoms with Crippen LogP contribution in [0.15, 0.2) is 53.4 Å². The van der Waals surface area contributed by atoms with Crippen molar-refractivity contribution in [2.45, 2.75) is 18.2 Å². The largest absolute Gasteiger partial charge is 0.369 e. The standard InChI is InChI=1S/C21H28N4O3S/c1-17-4-2-5-19(16-17)25-14-12-24(13-15-25)11-3-10-23-29(27,28)20-8-6-18(7-9-20)21(22)26/h2,4-9,16,23H,3,10-15H2,1H3,(H2,22,26). The lowest BCUT2D eigenvalue weighted by molar-refractivity contribution is 0.1000. The number of rotatable bonds is 8. The number of benzene rings is 2. The third-order valence-electron chi connectivity index (χ3n) is 5.13. The Bertz CT molecular complexity index is 937. The van der Waals surface area contributed by atoms with E-state index in [0.29, 0.717) is 6.54 Å². The fourth-order valence-electron chi connectivity index (χ4n) is 3.45. The van der Waals surface area contributed by atoms with Crippen LogP contribution in [0.2, 0.25) is 0 Å². The maximum absolute atomic E-state index is 12.3. The Morgan fingerprint density at radius 3 is 2.38 bits per heavy atom. The van der Waals surface area contributed by atoms with Gasteiger partial charge >= 0.3 is 0 Å². The number of piperazine rings is 1. The fourth-order valence-corrected chi connectivity index (χ4v) is 4.52. The summed E-state index contributed by atoms with van der Waals surface area (Å²) in [5, 5.41) is 0. The molecule has 0 radical (unpaired) electrons. The van der Waals surface area contributed by atoms with Gasteiger partial charge < -0.3 is 10.6 Å². The summed E-state index contributed by atoms with van der Waals surface area (Å²) in [4.78, 5) is 16.0. The van der Waals surface area contributed by atoms with Crippen LogP contribution < -0.4 is 15.4 Å². The molecule has 0 spiro atoms. The molecule has 1 heterocycles. The van der Waals surface area contributed by atoms with E-state index in [0.717, 1.165) is 39.1 Å². The number of primary amides is 1. The predicted molar refractivity (Wildman–Crippen MR) is 115 cm³/mol.